The smallest absolute Gasteiger partial charge is 0.0961 e. The van der Waals surface area contributed by atoms with Gasteiger partial charge in [0.05, 0.1) is 17.7 Å². The third-order valence-corrected chi connectivity index (χ3v) is 3.53. The molecule has 3 nitrogen and oxygen atoms in total. The molecule has 0 radical (unpaired) electrons. The molecular formula is C17H13N3. The minimum atomic E-state index is 0.985. The standard InChI is InChI=1S/C17H13N3/c1-2-4-12(5-3-1)16-17(20-11-19-16)14-6-7-15-13(10-14)8-9-18-15/h1-11,18H,(H,19,20). The van der Waals surface area contributed by atoms with E-state index in [0.29, 0.717) is 0 Å². The number of fused-ring (bicyclic) bond motifs is 1. The number of H-pyrrole nitrogens is 2. The van der Waals surface area contributed by atoms with Crippen molar-refractivity contribution in [2.75, 3.05) is 0 Å². The van der Waals surface area contributed by atoms with Crippen molar-refractivity contribution in [2.45, 2.75) is 0 Å². The van der Waals surface area contributed by atoms with Crippen LogP contribution in [0.1, 0.15) is 0 Å². The Morgan fingerprint density at radius 2 is 1.70 bits per heavy atom. The van der Waals surface area contributed by atoms with Gasteiger partial charge in [0.25, 0.3) is 0 Å². The average molecular weight is 259 g/mol. The predicted octanol–water partition coefficient (Wildman–Crippen LogP) is 4.23. The van der Waals surface area contributed by atoms with Gasteiger partial charge in [-0.15, -0.1) is 0 Å². The molecule has 2 aromatic heterocycles. The van der Waals surface area contributed by atoms with E-state index in [2.05, 4.69) is 51.4 Å². The Kier molecular flexibility index (Phi) is 2.42. The highest BCUT2D eigenvalue weighted by Gasteiger charge is 2.10. The fourth-order valence-electron chi connectivity index (χ4n) is 2.54. The van der Waals surface area contributed by atoms with Crippen molar-refractivity contribution in [3.8, 4) is 22.5 Å². The molecule has 2 heterocycles. The molecule has 2 aromatic carbocycles. The van der Waals surface area contributed by atoms with E-state index >= 15 is 0 Å². The molecule has 20 heavy (non-hydrogen) atoms. The van der Waals surface area contributed by atoms with Crippen LogP contribution in [0.15, 0.2) is 67.1 Å². The third-order valence-electron chi connectivity index (χ3n) is 3.53. The number of nitrogens with one attached hydrogen (secondary N) is 2. The zero-order valence-corrected chi connectivity index (χ0v) is 10.8. The molecule has 4 aromatic rings. The monoisotopic (exact) mass is 259 g/mol. The number of nitrogens with zero attached hydrogens (tertiary/aromatic N) is 1. The lowest BCUT2D eigenvalue weighted by molar-refractivity contribution is 1.31. The summed E-state index contributed by atoms with van der Waals surface area (Å²) in [4.78, 5) is 10.9. The molecule has 0 saturated heterocycles. The van der Waals surface area contributed by atoms with Gasteiger partial charge in [-0.3, -0.25) is 0 Å². The number of imidazole rings is 1. The Morgan fingerprint density at radius 1 is 0.800 bits per heavy atom. The van der Waals surface area contributed by atoms with Gasteiger partial charge in [-0.1, -0.05) is 36.4 Å². The van der Waals surface area contributed by atoms with Crippen LogP contribution in [0.2, 0.25) is 0 Å². The first kappa shape index (κ1) is 11.1. The minimum absolute atomic E-state index is 0.985. The lowest BCUT2D eigenvalue weighted by Gasteiger charge is -2.03. The van der Waals surface area contributed by atoms with Crippen molar-refractivity contribution in [2.24, 2.45) is 0 Å². The van der Waals surface area contributed by atoms with E-state index in [1.54, 1.807) is 6.33 Å². The number of hydrogen-bond donors (Lipinski definition) is 2. The van der Waals surface area contributed by atoms with Crippen molar-refractivity contribution in [3.05, 3.63) is 67.1 Å². The van der Waals surface area contributed by atoms with E-state index in [0.717, 1.165) is 28.0 Å². The molecule has 2 N–H and O–H groups in total. The van der Waals surface area contributed by atoms with Gasteiger partial charge >= 0.3 is 0 Å². The first-order chi connectivity index (χ1) is 9.92. The van der Waals surface area contributed by atoms with E-state index in [1.807, 2.05) is 24.4 Å². The topological polar surface area (TPSA) is 44.5 Å². The molecule has 0 unspecified atom stereocenters. The lowest BCUT2D eigenvalue weighted by Crippen LogP contribution is -1.83. The van der Waals surface area contributed by atoms with Gasteiger partial charge in [0.1, 0.15) is 0 Å². The number of aromatic amines is 2. The lowest BCUT2D eigenvalue weighted by atomic mass is 10.0. The highest BCUT2D eigenvalue weighted by molar-refractivity contribution is 5.87. The average Bonchev–Trinajstić information content (AvgIpc) is 3.16. The zero-order valence-electron chi connectivity index (χ0n) is 10.8. The predicted molar refractivity (Wildman–Crippen MR) is 81.3 cm³/mol. The molecule has 0 aliphatic rings. The van der Waals surface area contributed by atoms with Gasteiger partial charge in [0.2, 0.25) is 0 Å². The molecule has 0 aliphatic heterocycles. The Balaban J connectivity index is 1.88. The summed E-state index contributed by atoms with van der Waals surface area (Å²) in [6, 6.07) is 18.7. The molecule has 0 spiro atoms. The fourth-order valence-corrected chi connectivity index (χ4v) is 2.54. The molecule has 0 fully saturated rings. The molecule has 0 saturated carbocycles. The van der Waals surface area contributed by atoms with Crippen LogP contribution < -0.4 is 0 Å². The Bertz CT molecular complexity index is 856. The summed E-state index contributed by atoms with van der Waals surface area (Å²) in [6.07, 6.45) is 3.70. The summed E-state index contributed by atoms with van der Waals surface area (Å²) in [7, 11) is 0. The quantitative estimate of drug-likeness (QED) is 0.556. The van der Waals surface area contributed by atoms with Crippen LogP contribution in [-0.4, -0.2) is 15.0 Å². The summed E-state index contributed by atoms with van der Waals surface area (Å²) >= 11 is 0. The van der Waals surface area contributed by atoms with Crippen molar-refractivity contribution in [1.29, 1.82) is 0 Å². The van der Waals surface area contributed by atoms with E-state index in [9.17, 15) is 0 Å². The maximum absolute atomic E-state index is 4.49. The summed E-state index contributed by atoms with van der Waals surface area (Å²) < 4.78 is 0. The van der Waals surface area contributed by atoms with E-state index < -0.39 is 0 Å². The van der Waals surface area contributed by atoms with Gasteiger partial charge in [0.15, 0.2) is 0 Å². The van der Waals surface area contributed by atoms with Crippen LogP contribution in [0.25, 0.3) is 33.4 Å². The normalized spacial score (nSPS) is 11.0. The largest absolute Gasteiger partial charge is 0.361 e. The van der Waals surface area contributed by atoms with Crippen molar-refractivity contribution >= 4 is 10.9 Å². The van der Waals surface area contributed by atoms with Crippen LogP contribution in [0, 0.1) is 0 Å². The second kappa shape index (κ2) is 4.38. The molecule has 96 valence electrons. The number of aromatic nitrogens is 3. The molecule has 0 atom stereocenters. The Morgan fingerprint density at radius 3 is 2.60 bits per heavy atom. The summed E-state index contributed by atoms with van der Waals surface area (Å²) in [5.41, 5.74) is 5.46. The third kappa shape index (κ3) is 1.72. The zero-order chi connectivity index (χ0) is 13.4. The first-order valence-electron chi connectivity index (χ1n) is 6.58. The summed E-state index contributed by atoms with van der Waals surface area (Å²) in [6.45, 7) is 0. The Hall–Kier alpha value is -2.81. The second-order valence-corrected chi connectivity index (χ2v) is 4.77. The van der Waals surface area contributed by atoms with Crippen LogP contribution in [0.5, 0.6) is 0 Å². The molecule has 4 rings (SSSR count). The molecule has 0 bridgehead atoms. The second-order valence-electron chi connectivity index (χ2n) is 4.77. The molecular weight excluding hydrogens is 246 g/mol. The molecule has 0 amide bonds. The van der Waals surface area contributed by atoms with E-state index in [4.69, 9.17) is 0 Å². The fraction of sp³-hybridized carbons (Fsp3) is 0. The van der Waals surface area contributed by atoms with Gasteiger partial charge in [-0.25, -0.2) is 4.98 Å². The van der Waals surface area contributed by atoms with Gasteiger partial charge < -0.3 is 9.97 Å². The Labute approximate surface area is 116 Å². The highest BCUT2D eigenvalue weighted by Crippen LogP contribution is 2.30. The number of benzene rings is 2. The minimum Gasteiger partial charge on any atom is -0.361 e. The molecule has 3 heteroatoms. The summed E-state index contributed by atoms with van der Waals surface area (Å²) in [5.74, 6) is 0. The van der Waals surface area contributed by atoms with Crippen LogP contribution in [0.3, 0.4) is 0 Å². The van der Waals surface area contributed by atoms with E-state index in [-0.39, 0.29) is 0 Å². The first-order valence-corrected chi connectivity index (χ1v) is 6.58. The van der Waals surface area contributed by atoms with Crippen molar-refractivity contribution < 1.29 is 0 Å². The number of hydrogen-bond acceptors (Lipinski definition) is 1. The maximum Gasteiger partial charge on any atom is 0.0961 e. The van der Waals surface area contributed by atoms with E-state index in [1.165, 1.54) is 5.39 Å². The van der Waals surface area contributed by atoms with Crippen molar-refractivity contribution in [1.82, 2.24) is 15.0 Å². The molecule has 0 aliphatic carbocycles. The maximum atomic E-state index is 4.49. The number of rotatable bonds is 2. The van der Waals surface area contributed by atoms with Gasteiger partial charge in [-0.2, -0.15) is 0 Å². The van der Waals surface area contributed by atoms with Crippen LogP contribution in [0.4, 0.5) is 0 Å². The highest BCUT2D eigenvalue weighted by atomic mass is 14.9. The van der Waals surface area contributed by atoms with Gasteiger partial charge in [-0.05, 0) is 18.2 Å². The SMILES string of the molecule is c1ccc(-c2[nH]cnc2-c2ccc3[nH]ccc3c2)cc1. The van der Waals surface area contributed by atoms with Crippen LogP contribution >= 0.6 is 0 Å². The van der Waals surface area contributed by atoms with Crippen molar-refractivity contribution in [3.63, 3.8) is 0 Å². The van der Waals surface area contributed by atoms with Crippen LogP contribution in [-0.2, 0) is 0 Å². The van der Waals surface area contributed by atoms with Gasteiger partial charge in [0, 0.05) is 28.2 Å². The summed E-state index contributed by atoms with van der Waals surface area (Å²) in [5, 5.41) is 1.20.